The Hall–Kier alpha value is -1.73. The molecule has 1 saturated carbocycles. The Bertz CT molecular complexity index is 850. The van der Waals surface area contributed by atoms with Crippen molar-refractivity contribution < 1.29 is 13.2 Å². The molecule has 0 aromatic heterocycles. The lowest BCUT2D eigenvalue weighted by Crippen LogP contribution is -2.45. The van der Waals surface area contributed by atoms with Gasteiger partial charge in [-0.3, -0.25) is 9.79 Å². The second kappa shape index (κ2) is 6.16. The Balaban J connectivity index is 1.61. The molecule has 2 fully saturated rings. The van der Waals surface area contributed by atoms with Gasteiger partial charge in [0.25, 0.3) is 5.91 Å². The van der Waals surface area contributed by atoms with Crippen LogP contribution in [0.1, 0.15) is 32.3 Å². The van der Waals surface area contributed by atoms with Gasteiger partial charge in [0.2, 0.25) is 10.0 Å². The first-order chi connectivity index (χ1) is 12.3. The van der Waals surface area contributed by atoms with Crippen LogP contribution in [0, 0.1) is 17.8 Å². The van der Waals surface area contributed by atoms with Gasteiger partial charge in [-0.1, -0.05) is 44.2 Å². The van der Waals surface area contributed by atoms with Crippen LogP contribution in [0.2, 0.25) is 0 Å². The third kappa shape index (κ3) is 2.77. The Kier molecular flexibility index (Phi) is 4.19. The summed E-state index contributed by atoms with van der Waals surface area (Å²) in [6.07, 6.45) is 1.54. The Morgan fingerprint density at radius 2 is 2.00 bits per heavy atom. The molecule has 1 amide bonds. The first-order valence-corrected chi connectivity index (χ1v) is 10.9. The summed E-state index contributed by atoms with van der Waals surface area (Å²) in [6, 6.07) is 9.62. The SMILES string of the molecule is CC(C)CS(=O)(=O)N1C[C@H]2CC[C@@]3(N=C(c4ccccc4)NC3=O)[C@H]2C1. The zero-order valence-corrected chi connectivity index (χ0v) is 16.0. The third-order valence-electron chi connectivity index (χ3n) is 5.84. The fourth-order valence-electron chi connectivity index (χ4n) is 4.66. The minimum Gasteiger partial charge on any atom is -0.308 e. The van der Waals surface area contributed by atoms with Gasteiger partial charge in [-0.15, -0.1) is 0 Å². The highest BCUT2D eigenvalue weighted by atomic mass is 32.2. The number of carbonyl (C=O) groups excluding carboxylic acids is 1. The summed E-state index contributed by atoms with van der Waals surface area (Å²) in [5, 5.41) is 2.94. The van der Waals surface area contributed by atoms with Crippen molar-refractivity contribution in [2.75, 3.05) is 18.8 Å². The van der Waals surface area contributed by atoms with Crippen molar-refractivity contribution >= 4 is 21.8 Å². The number of amides is 1. The number of benzene rings is 1. The van der Waals surface area contributed by atoms with E-state index in [0.29, 0.717) is 25.3 Å². The number of rotatable bonds is 4. The normalized spacial score (nSPS) is 31.5. The van der Waals surface area contributed by atoms with E-state index in [2.05, 4.69) is 5.32 Å². The maximum atomic E-state index is 12.9. The number of sulfonamides is 1. The number of fused-ring (bicyclic) bond motifs is 2. The van der Waals surface area contributed by atoms with Gasteiger partial charge in [-0.25, -0.2) is 12.7 Å². The van der Waals surface area contributed by atoms with Gasteiger partial charge in [0.15, 0.2) is 0 Å². The Morgan fingerprint density at radius 3 is 2.69 bits per heavy atom. The van der Waals surface area contributed by atoms with E-state index in [1.807, 2.05) is 44.2 Å². The van der Waals surface area contributed by atoms with Gasteiger partial charge < -0.3 is 5.32 Å². The first-order valence-electron chi connectivity index (χ1n) is 9.26. The highest BCUT2D eigenvalue weighted by molar-refractivity contribution is 7.89. The van der Waals surface area contributed by atoms with Crippen molar-refractivity contribution in [2.45, 2.75) is 32.2 Å². The van der Waals surface area contributed by atoms with Gasteiger partial charge in [-0.2, -0.15) is 0 Å². The molecule has 1 aromatic carbocycles. The van der Waals surface area contributed by atoms with Crippen LogP contribution in [-0.2, 0) is 14.8 Å². The zero-order chi connectivity index (χ0) is 18.5. The predicted molar refractivity (Wildman–Crippen MR) is 100 cm³/mol. The summed E-state index contributed by atoms with van der Waals surface area (Å²) in [7, 11) is -3.28. The fourth-order valence-corrected chi connectivity index (χ4v) is 6.52. The van der Waals surface area contributed by atoms with Gasteiger partial charge in [-0.05, 0) is 24.7 Å². The average Bonchev–Trinajstić information content (AvgIpc) is 3.24. The summed E-state index contributed by atoms with van der Waals surface area (Å²) in [4.78, 5) is 17.7. The number of aliphatic imine (C=N–C) groups is 1. The van der Waals surface area contributed by atoms with Crippen LogP contribution in [-0.4, -0.2) is 48.8 Å². The molecule has 3 aliphatic rings. The van der Waals surface area contributed by atoms with E-state index >= 15 is 0 Å². The second-order valence-corrected chi connectivity index (χ2v) is 10.1. The lowest BCUT2D eigenvalue weighted by molar-refractivity contribution is -0.124. The van der Waals surface area contributed by atoms with E-state index in [-0.39, 0.29) is 29.4 Å². The molecule has 26 heavy (non-hydrogen) atoms. The molecule has 2 heterocycles. The van der Waals surface area contributed by atoms with Crippen LogP contribution < -0.4 is 5.32 Å². The summed E-state index contributed by atoms with van der Waals surface area (Å²) in [5.74, 6) is 0.954. The van der Waals surface area contributed by atoms with Crippen molar-refractivity contribution in [3.8, 4) is 0 Å². The lowest BCUT2D eigenvalue weighted by atomic mass is 9.85. The minimum absolute atomic E-state index is 0.0364. The summed E-state index contributed by atoms with van der Waals surface area (Å²) in [5.41, 5.74) is 0.0845. The van der Waals surface area contributed by atoms with Gasteiger partial charge in [0.1, 0.15) is 11.4 Å². The van der Waals surface area contributed by atoms with E-state index in [9.17, 15) is 13.2 Å². The van der Waals surface area contributed by atoms with Crippen molar-refractivity contribution in [1.82, 2.24) is 9.62 Å². The number of hydrogen-bond acceptors (Lipinski definition) is 4. The molecule has 1 spiro atoms. The van der Waals surface area contributed by atoms with Crippen LogP contribution in [0.4, 0.5) is 0 Å². The number of hydrogen-bond donors (Lipinski definition) is 1. The molecular weight excluding hydrogens is 350 g/mol. The Morgan fingerprint density at radius 1 is 1.27 bits per heavy atom. The molecule has 3 atom stereocenters. The number of carbonyl (C=O) groups is 1. The quantitative estimate of drug-likeness (QED) is 0.869. The predicted octanol–water partition coefficient (Wildman–Crippen LogP) is 1.63. The molecule has 0 bridgehead atoms. The lowest BCUT2D eigenvalue weighted by Gasteiger charge is -2.25. The molecule has 7 heteroatoms. The number of nitrogens with one attached hydrogen (secondary N) is 1. The highest BCUT2D eigenvalue weighted by Gasteiger charge is 2.60. The van der Waals surface area contributed by atoms with Crippen molar-refractivity contribution in [3.63, 3.8) is 0 Å². The Labute approximate surface area is 154 Å². The van der Waals surface area contributed by atoms with Crippen LogP contribution in [0.3, 0.4) is 0 Å². The van der Waals surface area contributed by atoms with E-state index < -0.39 is 15.6 Å². The van der Waals surface area contributed by atoms with Crippen molar-refractivity contribution in [2.24, 2.45) is 22.7 Å². The minimum atomic E-state index is -3.28. The van der Waals surface area contributed by atoms with Gasteiger partial charge in [0, 0.05) is 24.6 Å². The maximum Gasteiger partial charge on any atom is 0.253 e. The largest absolute Gasteiger partial charge is 0.308 e. The molecule has 1 N–H and O–H groups in total. The molecule has 1 saturated heterocycles. The number of nitrogens with zero attached hydrogens (tertiary/aromatic N) is 2. The molecule has 2 aliphatic heterocycles. The van der Waals surface area contributed by atoms with Crippen LogP contribution in [0.5, 0.6) is 0 Å². The van der Waals surface area contributed by atoms with Crippen LogP contribution >= 0.6 is 0 Å². The topological polar surface area (TPSA) is 78.8 Å². The summed E-state index contributed by atoms with van der Waals surface area (Å²) < 4.78 is 26.9. The fraction of sp³-hybridized carbons (Fsp3) is 0.579. The second-order valence-electron chi connectivity index (χ2n) is 8.10. The molecule has 0 radical (unpaired) electrons. The molecular formula is C19H25N3O3S. The first kappa shape index (κ1) is 17.7. The van der Waals surface area contributed by atoms with Gasteiger partial charge >= 0.3 is 0 Å². The van der Waals surface area contributed by atoms with Crippen LogP contribution in [0.15, 0.2) is 35.3 Å². The molecule has 1 aromatic rings. The summed E-state index contributed by atoms with van der Waals surface area (Å²) >= 11 is 0. The highest BCUT2D eigenvalue weighted by Crippen LogP contribution is 2.49. The maximum absolute atomic E-state index is 12.9. The van der Waals surface area contributed by atoms with E-state index in [4.69, 9.17) is 4.99 Å². The van der Waals surface area contributed by atoms with Crippen LogP contribution in [0.25, 0.3) is 0 Å². The van der Waals surface area contributed by atoms with E-state index in [1.54, 1.807) is 4.31 Å². The van der Waals surface area contributed by atoms with E-state index in [1.165, 1.54) is 0 Å². The standard InChI is InChI=1S/C19H25N3O3S/c1-13(2)12-26(24,25)22-10-15-8-9-19(16(15)11-22)18(23)20-17(21-19)14-6-4-3-5-7-14/h3-7,13,15-16H,8-12H2,1-2H3,(H,20,21,23)/t15-,16+,19-/m1/s1. The van der Waals surface area contributed by atoms with E-state index in [0.717, 1.165) is 12.0 Å². The smallest absolute Gasteiger partial charge is 0.253 e. The third-order valence-corrected chi connectivity index (χ3v) is 8.01. The summed E-state index contributed by atoms with van der Waals surface area (Å²) in [6.45, 7) is 4.75. The molecule has 1 aliphatic carbocycles. The zero-order valence-electron chi connectivity index (χ0n) is 15.2. The van der Waals surface area contributed by atoms with Gasteiger partial charge in [0.05, 0.1) is 5.75 Å². The average molecular weight is 375 g/mol. The molecule has 6 nitrogen and oxygen atoms in total. The molecule has 140 valence electrons. The van der Waals surface area contributed by atoms with Crippen molar-refractivity contribution in [1.29, 1.82) is 0 Å². The number of amidine groups is 1. The molecule has 0 unspecified atom stereocenters. The monoisotopic (exact) mass is 375 g/mol. The molecule has 4 rings (SSSR count). The van der Waals surface area contributed by atoms with Crippen molar-refractivity contribution in [3.05, 3.63) is 35.9 Å².